The molecule has 2 aromatic rings. The molecule has 0 bridgehead atoms. The standard InChI is InChI=1S/C18H21ClN2O4S/c1-13-5-6-17(24-2)18(10-13)26(22,23)21-9-3-4-14(12-21)25-16-7-8-20-11-15(16)19/h5-8,10-11,14H,3-4,9,12H2,1-2H3/t14-/m0/s1. The van der Waals surface area contributed by atoms with Gasteiger partial charge in [-0.3, -0.25) is 4.98 Å². The van der Waals surface area contributed by atoms with Crippen molar-refractivity contribution in [1.82, 2.24) is 9.29 Å². The summed E-state index contributed by atoms with van der Waals surface area (Å²) in [5.74, 6) is 0.856. The second-order valence-electron chi connectivity index (χ2n) is 6.21. The van der Waals surface area contributed by atoms with Crippen LogP contribution in [-0.2, 0) is 10.0 Å². The van der Waals surface area contributed by atoms with E-state index in [1.165, 1.54) is 17.6 Å². The second kappa shape index (κ2) is 7.82. The average Bonchev–Trinajstić information content (AvgIpc) is 2.64. The number of pyridine rings is 1. The smallest absolute Gasteiger partial charge is 0.246 e. The maximum absolute atomic E-state index is 13.1. The number of ether oxygens (including phenoxy) is 2. The third kappa shape index (κ3) is 3.95. The molecule has 0 amide bonds. The molecule has 0 aliphatic carbocycles. The van der Waals surface area contributed by atoms with Gasteiger partial charge < -0.3 is 9.47 Å². The lowest BCUT2D eigenvalue weighted by molar-refractivity contribution is 0.129. The maximum atomic E-state index is 13.1. The highest BCUT2D eigenvalue weighted by molar-refractivity contribution is 7.89. The zero-order valence-corrected chi connectivity index (χ0v) is 16.3. The molecule has 1 atom stereocenters. The lowest BCUT2D eigenvalue weighted by Crippen LogP contribution is -2.44. The van der Waals surface area contributed by atoms with Crippen LogP contribution < -0.4 is 9.47 Å². The van der Waals surface area contributed by atoms with Gasteiger partial charge in [-0.1, -0.05) is 17.7 Å². The van der Waals surface area contributed by atoms with Crippen molar-refractivity contribution in [1.29, 1.82) is 0 Å². The Bertz CT molecular complexity index is 889. The summed E-state index contributed by atoms with van der Waals surface area (Å²) < 4.78 is 38.9. The van der Waals surface area contributed by atoms with Gasteiger partial charge in [-0.15, -0.1) is 0 Å². The number of hydrogen-bond donors (Lipinski definition) is 0. The van der Waals surface area contributed by atoms with Crippen LogP contribution in [0.25, 0.3) is 0 Å². The number of aryl methyl sites for hydroxylation is 1. The summed E-state index contributed by atoms with van der Waals surface area (Å²) in [6.07, 6.45) is 4.30. The SMILES string of the molecule is COc1ccc(C)cc1S(=O)(=O)N1CCC[C@H](Oc2ccncc2Cl)C1. The summed E-state index contributed by atoms with van der Waals surface area (Å²) in [4.78, 5) is 4.11. The predicted octanol–water partition coefficient (Wildman–Crippen LogP) is 3.28. The lowest BCUT2D eigenvalue weighted by atomic mass is 10.1. The largest absolute Gasteiger partial charge is 0.495 e. The van der Waals surface area contributed by atoms with Crippen molar-refractivity contribution in [3.05, 3.63) is 47.2 Å². The Morgan fingerprint density at radius 2 is 2.08 bits per heavy atom. The van der Waals surface area contributed by atoms with Crippen molar-refractivity contribution in [2.45, 2.75) is 30.8 Å². The quantitative estimate of drug-likeness (QED) is 0.775. The van der Waals surface area contributed by atoms with Crippen molar-refractivity contribution >= 4 is 21.6 Å². The van der Waals surface area contributed by atoms with Crippen LogP contribution >= 0.6 is 11.6 Å². The highest BCUT2D eigenvalue weighted by Crippen LogP contribution is 2.31. The Morgan fingerprint density at radius 3 is 2.81 bits per heavy atom. The summed E-state index contributed by atoms with van der Waals surface area (Å²) in [7, 11) is -2.21. The molecule has 3 rings (SSSR count). The molecule has 0 unspecified atom stereocenters. The predicted molar refractivity (Wildman–Crippen MR) is 99.4 cm³/mol. The van der Waals surface area contributed by atoms with Gasteiger partial charge in [0.15, 0.2) is 0 Å². The fourth-order valence-electron chi connectivity index (χ4n) is 2.98. The molecular weight excluding hydrogens is 376 g/mol. The molecule has 0 spiro atoms. The third-order valence-corrected chi connectivity index (χ3v) is 6.48. The molecule has 0 radical (unpaired) electrons. The van der Waals surface area contributed by atoms with Crippen LogP contribution in [0.3, 0.4) is 0 Å². The number of nitrogens with zero attached hydrogens (tertiary/aromatic N) is 2. The first-order valence-electron chi connectivity index (χ1n) is 8.33. The minimum Gasteiger partial charge on any atom is -0.495 e. The molecule has 1 aliphatic heterocycles. The Hall–Kier alpha value is -1.83. The van der Waals surface area contributed by atoms with Gasteiger partial charge in [0.2, 0.25) is 10.0 Å². The van der Waals surface area contributed by atoms with E-state index in [9.17, 15) is 8.42 Å². The van der Waals surface area contributed by atoms with Crippen LogP contribution in [-0.4, -0.2) is 44.0 Å². The number of sulfonamides is 1. The summed E-state index contributed by atoms with van der Waals surface area (Å²) in [5, 5.41) is 0.410. The van der Waals surface area contributed by atoms with Gasteiger partial charge in [-0.25, -0.2) is 8.42 Å². The molecule has 1 aromatic heterocycles. The van der Waals surface area contributed by atoms with Gasteiger partial charge >= 0.3 is 0 Å². The topological polar surface area (TPSA) is 68.7 Å². The van der Waals surface area contributed by atoms with Crippen LogP contribution in [0.2, 0.25) is 5.02 Å². The van der Waals surface area contributed by atoms with E-state index in [1.54, 1.807) is 24.4 Å². The molecule has 6 nitrogen and oxygen atoms in total. The molecule has 1 aliphatic rings. The molecule has 26 heavy (non-hydrogen) atoms. The molecule has 140 valence electrons. The molecule has 1 fully saturated rings. The first kappa shape index (κ1) is 18.9. The third-order valence-electron chi connectivity index (χ3n) is 4.31. The van der Waals surface area contributed by atoms with E-state index < -0.39 is 10.0 Å². The monoisotopic (exact) mass is 396 g/mol. The van der Waals surface area contributed by atoms with E-state index in [4.69, 9.17) is 21.1 Å². The van der Waals surface area contributed by atoms with Gasteiger partial charge in [0, 0.05) is 25.0 Å². The molecular formula is C18H21ClN2O4S. The Labute approximate surface area is 158 Å². The fraction of sp³-hybridized carbons (Fsp3) is 0.389. The van der Waals surface area contributed by atoms with Crippen molar-refractivity contribution in [3.8, 4) is 11.5 Å². The zero-order chi connectivity index (χ0) is 18.7. The van der Waals surface area contributed by atoms with E-state index >= 15 is 0 Å². The number of rotatable bonds is 5. The number of piperidine rings is 1. The van der Waals surface area contributed by atoms with E-state index in [-0.39, 0.29) is 17.5 Å². The van der Waals surface area contributed by atoms with Crippen LogP contribution in [0, 0.1) is 6.92 Å². The fourth-order valence-corrected chi connectivity index (χ4v) is 4.90. The molecule has 1 saturated heterocycles. The van der Waals surface area contributed by atoms with Crippen molar-refractivity contribution < 1.29 is 17.9 Å². The maximum Gasteiger partial charge on any atom is 0.246 e. The summed E-state index contributed by atoms with van der Waals surface area (Å²) in [6.45, 7) is 2.56. The van der Waals surface area contributed by atoms with Crippen LogP contribution in [0.5, 0.6) is 11.5 Å². The Kier molecular flexibility index (Phi) is 5.70. The molecule has 0 N–H and O–H groups in total. The van der Waals surface area contributed by atoms with E-state index in [2.05, 4.69) is 4.98 Å². The number of hydrogen-bond acceptors (Lipinski definition) is 5. The molecule has 2 heterocycles. The van der Waals surface area contributed by atoms with Gasteiger partial charge in [-0.05, 0) is 37.5 Å². The van der Waals surface area contributed by atoms with Crippen LogP contribution in [0.1, 0.15) is 18.4 Å². The summed E-state index contributed by atoms with van der Waals surface area (Å²) in [5.41, 5.74) is 0.859. The van der Waals surface area contributed by atoms with E-state index in [1.807, 2.05) is 13.0 Å². The summed E-state index contributed by atoms with van der Waals surface area (Å²) in [6, 6.07) is 6.82. The molecule has 0 saturated carbocycles. The van der Waals surface area contributed by atoms with Crippen molar-refractivity contribution in [2.24, 2.45) is 0 Å². The zero-order valence-electron chi connectivity index (χ0n) is 14.7. The number of methoxy groups -OCH3 is 1. The number of aromatic nitrogens is 1. The highest BCUT2D eigenvalue weighted by atomic mass is 35.5. The molecule has 1 aromatic carbocycles. The highest BCUT2D eigenvalue weighted by Gasteiger charge is 2.33. The lowest BCUT2D eigenvalue weighted by Gasteiger charge is -2.32. The van der Waals surface area contributed by atoms with Crippen molar-refractivity contribution in [2.75, 3.05) is 20.2 Å². The van der Waals surface area contributed by atoms with Crippen LogP contribution in [0.15, 0.2) is 41.6 Å². The van der Waals surface area contributed by atoms with Crippen molar-refractivity contribution in [3.63, 3.8) is 0 Å². The average molecular weight is 397 g/mol. The minimum absolute atomic E-state index is 0.183. The Balaban J connectivity index is 1.83. The van der Waals surface area contributed by atoms with Gasteiger partial charge in [0.25, 0.3) is 0 Å². The Morgan fingerprint density at radius 1 is 1.27 bits per heavy atom. The number of halogens is 1. The van der Waals surface area contributed by atoms with Crippen LogP contribution in [0.4, 0.5) is 0 Å². The first-order chi connectivity index (χ1) is 12.4. The molecule has 8 heteroatoms. The van der Waals surface area contributed by atoms with Gasteiger partial charge in [0.05, 0.1) is 13.7 Å². The normalized spacial score (nSPS) is 18.5. The summed E-state index contributed by atoms with van der Waals surface area (Å²) >= 11 is 6.09. The second-order valence-corrected chi connectivity index (χ2v) is 8.52. The number of benzene rings is 1. The minimum atomic E-state index is -3.68. The first-order valence-corrected chi connectivity index (χ1v) is 10.1. The van der Waals surface area contributed by atoms with Gasteiger partial charge in [0.1, 0.15) is 27.5 Å². The van der Waals surface area contributed by atoms with E-state index in [0.29, 0.717) is 29.5 Å². The van der Waals surface area contributed by atoms with Gasteiger partial charge in [-0.2, -0.15) is 4.31 Å². The van der Waals surface area contributed by atoms with E-state index in [0.717, 1.165) is 12.0 Å².